The van der Waals surface area contributed by atoms with Gasteiger partial charge in [-0.3, -0.25) is 0 Å². The predicted molar refractivity (Wildman–Crippen MR) is 60.8 cm³/mol. The van der Waals surface area contributed by atoms with E-state index in [1.165, 1.54) is 12.8 Å². The van der Waals surface area contributed by atoms with Gasteiger partial charge in [-0.15, -0.1) is 0 Å². The van der Waals surface area contributed by atoms with Crippen molar-refractivity contribution in [2.24, 2.45) is 5.73 Å². The lowest BCUT2D eigenvalue weighted by molar-refractivity contribution is 0.719. The molecule has 1 aliphatic carbocycles. The van der Waals surface area contributed by atoms with Gasteiger partial charge in [0.15, 0.2) is 0 Å². The van der Waals surface area contributed by atoms with Crippen LogP contribution in [0.5, 0.6) is 0 Å². The summed E-state index contributed by atoms with van der Waals surface area (Å²) in [6.45, 7) is 3.68. The van der Waals surface area contributed by atoms with Gasteiger partial charge in [-0.05, 0) is 38.8 Å². The number of aryl methyl sites for hydroxylation is 1. The van der Waals surface area contributed by atoms with Crippen molar-refractivity contribution in [2.45, 2.75) is 32.2 Å². The van der Waals surface area contributed by atoms with Crippen LogP contribution in [0.2, 0.25) is 0 Å². The molecule has 1 fully saturated rings. The van der Waals surface area contributed by atoms with E-state index >= 15 is 0 Å². The summed E-state index contributed by atoms with van der Waals surface area (Å²) in [6.07, 6.45) is 5.43. The maximum absolute atomic E-state index is 5.55. The van der Waals surface area contributed by atoms with Crippen molar-refractivity contribution in [1.29, 1.82) is 0 Å². The van der Waals surface area contributed by atoms with E-state index in [-0.39, 0.29) is 0 Å². The summed E-state index contributed by atoms with van der Waals surface area (Å²) in [4.78, 5) is 10.9. The predicted octanol–water partition coefficient (Wildman–Crippen LogP) is 1.10. The second kappa shape index (κ2) is 4.57. The number of aromatic nitrogens is 2. The minimum atomic E-state index is 0.686. The molecule has 0 atom stereocenters. The van der Waals surface area contributed by atoms with Gasteiger partial charge in [0.05, 0.1) is 0 Å². The molecule has 2 rings (SSSR count). The minimum Gasteiger partial charge on any atom is -0.353 e. The highest BCUT2D eigenvalue weighted by Crippen LogP contribution is 2.30. The lowest BCUT2D eigenvalue weighted by Gasteiger charge is -2.23. The van der Waals surface area contributed by atoms with E-state index in [2.05, 4.69) is 14.9 Å². The van der Waals surface area contributed by atoms with Crippen LogP contribution >= 0.6 is 0 Å². The minimum absolute atomic E-state index is 0.686. The van der Waals surface area contributed by atoms with Crippen LogP contribution in [-0.2, 0) is 0 Å². The maximum atomic E-state index is 5.55. The summed E-state index contributed by atoms with van der Waals surface area (Å²) in [5, 5.41) is 0. The monoisotopic (exact) mass is 206 g/mol. The smallest absolute Gasteiger partial charge is 0.132 e. The number of hydrogen-bond acceptors (Lipinski definition) is 4. The van der Waals surface area contributed by atoms with Gasteiger partial charge in [0.2, 0.25) is 0 Å². The molecule has 1 aliphatic rings. The average Bonchev–Trinajstić information content (AvgIpc) is 3.03. The lowest BCUT2D eigenvalue weighted by atomic mass is 10.3. The van der Waals surface area contributed by atoms with E-state index in [4.69, 9.17) is 5.73 Å². The molecule has 1 aromatic rings. The molecule has 15 heavy (non-hydrogen) atoms. The number of hydrogen-bond donors (Lipinski definition) is 1. The molecule has 0 amide bonds. The molecular weight excluding hydrogens is 188 g/mol. The van der Waals surface area contributed by atoms with Gasteiger partial charge in [0.1, 0.15) is 11.6 Å². The van der Waals surface area contributed by atoms with E-state index in [0.717, 1.165) is 31.2 Å². The van der Waals surface area contributed by atoms with Crippen molar-refractivity contribution in [1.82, 2.24) is 9.97 Å². The third-order valence-corrected chi connectivity index (χ3v) is 2.65. The molecule has 2 N–H and O–H groups in total. The second-order valence-electron chi connectivity index (χ2n) is 4.03. The number of rotatable bonds is 5. The van der Waals surface area contributed by atoms with Gasteiger partial charge in [0, 0.05) is 18.8 Å². The number of nitrogens with zero attached hydrogens (tertiary/aromatic N) is 3. The quantitative estimate of drug-likeness (QED) is 0.784. The van der Waals surface area contributed by atoms with Crippen molar-refractivity contribution in [3.63, 3.8) is 0 Å². The van der Waals surface area contributed by atoms with Crippen LogP contribution in [-0.4, -0.2) is 29.1 Å². The third-order valence-electron chi connectivity index (χ3n) is 2.65. The van der Waals surface area contributed by atoms with Crippen LogP contribution in [0.3, 0.4) is 0 Å². The molecule has 1 saturated carbocycles. The Balaban J connectivity index is 2.09. The second-order valence-corrected chi connectivity index (χ2v) is 4.03. The van der Waals surface area contributed by atoms with Gasteiger partial charge >= 0.3 is 0 Å². The molecule has 0 unspecified atom stereocenters. The molecule has 0 radical (unpaired) electrons. The molecule has 0 saturated heterocycles. The zero-order chi connectivity index (χ0) is 10.7. The topological polar surface area (TPSA) is 55.0 Å². The Morgan fingerprint density at radius 1 is 1.53 bits per heavy atom. The molecule has 4 heteroatoms. The Hall–Kier alpha value is -1.16. The average molecular weight is 206 g/mol. The molecule has 1 heterocycles. The van der Waals surface area contributed by atoms with E-state index in [1.807, 2.05) is 19.2 Å². The first-order chi connectivity index (χ1) is 7.31. The Morgan fingerprint density at radius 2 is 2.33 bits per heavy atom. The molecule has 0 bridgehead atoms. The van der Waals surface area contributed by atoms with Crippen molar-refractivity contribution in [2.75, 3.05) is 18.0 Å². The Bertz CT molecular complexity index is 322. The molecule has 82 valence electrons. The maximum Gasteiger partial charge on any atom is 0.132 e. The first-order valence-electron chi connectivity index (χ1n) is 5.57. The van der Waals surface area contributed by atoms with Crippen LogP contribution in [0.25, 0.3) is 0 Å². The summed E-state index contributed by atoms with van der Waals surface area (Å²) >= 11 is 0. The molecule has 0 spiro atoms. The van der Waals surface area contributed by atoms with Gasteiger partial charge in [-0.1, -0.05) is 0 Å². The molecule has 0 aliphatic heterocycles. The van der Waals surface area contributed by atoms with Crippen LogP contribution < -0.4 is 10.6 Å². The zero-order valence-corrected chi connectivity index (χ0v) is 9.19. The van der Waals surface area contributed by atoms with E-state index in [1.54, 1.807) is 0 Å². The standard InChI is InChI=1S/C11H18N4/c1-9-13-7-5-11(14-9)15(8-2-6-12)10-3-4-10/h5,7,10H,2-4,6,8,12H2,1H3. The fraction of sp³-hybridized carbons (Fsp3) is 0.636. The Labute approximate surface area is 90.5 Å². The zero-order valence-electron chi connectivity index (χ0n) is 9.19. The molecule has 1 aromatic heterocycles. The molecular formula is C11H18N4. The van der Waals surface area contributed by atoms with E-state index < -0.39 is 0 Å². The van der Waals surface area contributed by atoms with Gasteiger partial charge < -0.3 is 10.6 Å². The molecule has 0 aromatic carbocycles. The van der Waals surface area contributed by atoms with Crippen LogP contribution in [0, 0.1) is 6.92 Å². The summed E-state index contributed by atoms with van der Waals surface area (Å²) in [7, 11) is 0. The number of anilines is 1. The SMILES string of the molecule is Cc1nccc(N(CCCN)C2CC2)n1. The fourth-order valence-electron chi connectivity index (χ4n) is 1.74. The summed E-state index contributed by atoms with van der Waals surface area (Å²) in [5.41, 5.74) is 5.55. The Morgan fingerprint density at radius 3 is 2.93 bits per heavy atom. The largest absolute Gasteiger partial charge is 0.353 e. The van der Waals surface area contributed by atoms with Gasteiger partial charge in [-0.2, -0.15) is 0 Å². The first kappa shape index (κ1) is 10.4. The van der Waals surface area contributed by atoms with Crippen LogP contribution in [0.1, 0.15) is 25.1 Å². The van der Waals surface area contributed by atoms with Crippen LogP contribution in [0.15, 0.2) is 12.3 Å². The van der Waals surface area contributed by atoms with Crippen LogP contribution in [0.4, 0.5) is 5.82 Å². The van der Waals surface area contributed by atoms with Crippen molar-refractivity contribution in [3.8, 4) is 0 Å². The van der Waals surface area contributed by atoms with Gasteiger partial charge in [0.25, 0.3) is 0 Å². The van der Waals surface area contributed by atoms with E-state index in [0.29, 0.717) is 6.04 Å². The highest BCUT2D eigenvalue weighted by atomic mass is 15.2. The number of nitrogens with two attached hydrogens (primary N) is 1. The Kier molecular flexibility index (Phi) is 3.16. The van der Waals surface area contributed by atoms with Crippen molar-refractivity contribution >= 4 is 5.82 Å². The normalized spacial score (nSPS) is 15.3. The van der Waals surface area contributed by atoms with Crippen molar-refractivity contribution in [3.05, 3.63) is 18.1 Å². The fourth-order valence-corrected chi connectivity index (χ4v) is 1.74. The lowest BCUT2D eigenvalue weighted by Crippen LogP contribution is -2.29. The highest BCUT2D eigenvalue weighted by Gasteiger charge is 2.29. The third kappa shape index (κ3) is 2.65. The first-order valence-corrected chi connectivity index (χ1v) is 5.57. The van der Waals surface area contributed by atoms with Gasteiger partial charge in [-0.25, -0.2) is 9.97 Å². The molecule has 4 nitrogen and oxygen atoms in total. The summed E-state index contributed by atoms with van der Waals surface area (Å²) < 4.78 is 0. The highest BCUT2D eigenvalue weighted by molar-refractivity contribution is 5.40. The summed E-state index contributed by atoms with van der Waals surface area (Å²) in [5.74, 6) is 1.89. The summed E-state index contributed by atoms with van der Waals surface area (Å²) in [6, 6.07) is 2.67. The van der Waals surface area contributed by atoms with E-state index in [9.17, 15) is 0 Å². The van der Waals surface area contributed by atoms with Crippen molar-refractivity contribution < 1.29 is 0 Å².